The molecule has 2 N–H and O–H groups in total. The fraction of sp³-hybridized carbons (Fsp3) is 0.333. The lowest BCUT2D eigenvalue weighted by molar-refractivity contribution is -0.0144. The Balaban J connectivity index is 2.01. The first-order chi connectivity index (χ1) is 10.5. The van der Waals surface area contributed by atoms with Crippen LogP contribution in [0.4, 0.5) is 5.69 Å². The minimum Gasteiger partial charge on any atom is -0.495 e. The van der Waals surface area contributed by atoms with Gasteiger partial charge in [-0.15, -0.1) is 0 Å². The standard InChI is InChI=1S/C18H18ClNO2/c1-10-6-12-11-7-14(19)17(21-2)8-13(11)18(4-3-5-18)22-16(12)9-15(10)20/h6-9H,3-5,20H2,1-2H3. The minimum absolute atomic E-state index is 0.248. The number of halogens is 1. The van der Waals surface area contributed by atoms with E-state index < -0.39 is 0 Å². The lowest BCUT2D eigenvalue weighted by Gasteiger charge is -2.46. The molecule has 4 heteroatoms. The summed E-state index contributed by atoms with van der Waals surface area (Å²) < 4.78 is 11.8. The molecule has 3 nitrogen and oxygen atoms in total. The van der Waals surface area contributed by atoms with E-state index in [0.717, 1.165) is 41.0 Å². The number of benzene rings is 2. The second-order valence-corrected chi connectivity index (χ2v) is 6.59. The molecule has 1 aliphatic heterocycles. The Morgan fingerprint density at radius 1 is 1.18 bits per heavy atom. The van der Waals surface area contributed by atoms with Gasteiger partial charge in [0.1, 0.15) is 17.1 Å². The van der Waals surface area contributed by atoms with Gasteiger partial charge in [0.25, 0.3) is 0 Å². The molecule has 0 saturated heterocycles. The molecule has 22 heavy (non-hydrogen) atoms. The average molecular weight is 316 g/mol. The van der Waals surface area contributed by atoms with Gasteiger partial charge in [0, 0.05) is 22.9 Å². The van der Waals surface area contributed by atoms with E-state index in [-0.39, 0.29) is 5.60 Å². The number of hydrogen-bond acceptors (Lipinski definition) is 3. The normalized spacial score (nSPS) is 17.2. The van der Waals surface area contributed by atoms with Crippen molar-refractivity contribution in [2.45, 2.75) is 31.8 Å². The zero-order chi connectivity index (χ0) is 15.5. The zero-order valence-electron chi connectivity index (χ0n) is 12.7. The maximum Gasteiger partial charge on any atom is 0.137 e. The number of aryl methyl sites for hydroxylation is 1. The molecule has 2 aromatic carbocycles. The Bertz CT molecular complexity index is 781. The van der Waals surface area contributed by atoms with E-state index >= 15 is 0 Å². The van der Waals surface area contributed by atoms with Gasteiger partial charge in [-0.3, -0.25) is 0 Å². The molecule has 0 aromatic heterocycles. The molecule has 1 spiro atoms. The highest BCUT2D eigenvalue weighted by molar-refractivity contribution is 6.32. The molecule has 2 aromatic rings. The first kappa shape index (κ1) is 13.8. The molecule has 1 saturated carbocycles. The van der Waals surface area contributed by atoms with E-state index in [1.807, 2.05) is 25.1 Å². The van der Waals surface area contributed by atoms with Gasteiger partial charge in [0.2, 0.25) is 0 Å². The third-order valence-electron chi connectivity index (χ3n) is 4.91. The molecule has 0 amide bonds. The van der Waals surface area contributed by atoms with Gasteiger partial charge in [-0.1, -0.05) is 11.6 Å². The summed E-state index contributed by atoms with van der Waals surface area (Å²) in [5.41, 5.74) is 11.0. The second-order valence-electron chi connectivity index (χ2n) is 6.19. The van der Waals surface area contributed by atoms with Crippen molar-refractivity contribution >= 4 is 17.3 Å². The lowest BCUT2D eigenvalue weighted by atomic mass is 9.70. The summed E-state index contributed by atoms with van der Waals surface area (Å²) in [6.07, 6.45) is 3.19. The Hall–Kier alpha value is -1.87. The van der Waals surface area contributed by atoms with Gasteiger partial charge < -0.3 is 15.2 Å². The maximum atomic E-state index is 6.38. The van der Waals surface area contributed by atoms with Crippen LogP contribution in [-0.4, -0.2) is 7.11 Å². The zero-order valence-corrected chi connectivity index (χ0v) is 13.5. The van der Waals surface area contributed by atoms with Gasteiger partial charge >= 0.3 is 0 Å². The summed E-state index contributed by atoms with van der Waals surface area (Å²) in [5.74, 6) is 1.56. The van der Waals surface area contributed by atoms with E-state index in [1.54, 1.807) is 7.11 Å². The number of nitrogen functional groups attached to an aromatic ring is 1. The van der Waals surface area contributed by atoms with Crippen molar-refractivity contribution in [1.29, 1.82) is 0 Å². The number of ether oxygens (including phenoxy) is 2. The van der Waals surface area contributed by atoms with Crippen LogP contribution >= 0.6 is 11.6 Å². The summed E-state index contributed by atoms with van der Waals surface area (Å²) in [5, 5.41) is 0.623. The third kappa shape index (κ3) is 1.75. The Labute approximate surface area is 135 Å². The summed E-state index contributed by atoms with van der Waals surface area (Å²) >= 11 is 6.36. The van der Waals surface area contributed by atoms with E-state index in [9.17, 15) is 0 Å². The predicted molar refractivity (Wildman–Crippen MR) is 88.7 cm³/mol. The van der Waals surface area contributed by atoms with Crippen molar-refractivity contribution in [2.24, 2.45) is 0 Å². The highest BCUT2D eigenvalue weighted by Gasteiger charge is 2.46. The highest BCUT2D eigenvalue weighted by atomic mass is 35.5. The number of fused-ring (bicyclic) bond motifs is 4. The van der Waals surface area contributed by atoms with Crippen LogP contribution in [0, 0.1) is 6.92 Å². The second kappa shape index (κ2) is 4.56. The molecule has 4 rings (SSSR count). The first-order valence-corrected chi connectivity index (χ1v) is 7.89. The number of rotatable bonds is 1. The van der Waals surface area contributed by atoms with E-state index in [1.165, 1.54) is 12.0 Å². The molecular formula is C18H18ClNO2. The molecule has 2 aliphatic rings. The Kier molecular flexibility index (Phi) is 2.85. The molecule has 0 radical (unpaired) electrons. The predicted octanol–water partition coefficient (Wildman–Crippen LogP) is 4.68. The van der Waals surface area contributed by atoms with Crippen molar-refractivity contribution in [2.75, 3.05) is 12.8 Å². The van der Waals surface area contributed by atoms with Crippen molar-refractivity contribution in [1.82, 2.24) is 0 Å². The highest BCUT2D eigenvalue weighted by Crippen LogP contribution is 2.56. The van der Waals surface area contributed by atoms with Crippen LogP contribution in [0.3, 0.4) is 0 Å². The molecule has 1 aliphatic carbocycles. The fourth-order valence-corrected chi connectivity index (χ4v) is 3.68. The number of methoxy groups -OCH3 is 1. The van der Waals surface area contributed by atoms with Crippen LogP contribution in [-0.2, 0) is 5.60 Å². The van der Waals surface area contributed by atoms with Crippen molar-refractivity contribution in [3.8, 4) is 22.6 Å². The van der Waals surface area contributed by atoms with Gasteiger partial charge in [0.05, 0.1) is 12.1 Å². The smallest absolute Gasteiger partial charge is 0.137 e. The average Bonchev–Trinajstić information content (AvgIpc) is 2.46. The van der Waals surface area contributed by atoms with Crippen LogP contribution < -0.4 is 15.2 Å². The summed E-state index contributed by atoms with van der Waals surface area (Å²) in [6.45, 7) is 2.01. The molecule has 1 fully saturated rings. The van der Waals surface area contributed by atoms with Crippen molar-refractivity contribution < 1.29 is 9.47 Å². The summed E-state index contributed by atoms with van der Waals surface area (Å²) in [7, 11) is 1.64. The molecule has 1 heterocycles. The van der Waals surface area contributed by atoms with Crippen LogP contribution in [0.15, 0.2) is 24.3 Å². The molecule has 0 unspecified atom stereocenters. The van der Waals surface area contributed by atoms with E-state index in [0.29, 0.717) is 10.8 Å². The van der Waals surface area contributed by atoms with Crippen LogP contribution in [0.2, 0.25) is 5.02 Å². The first-order valence-electron chi connectivity index (χ1n) is 7.51. The topological polar surface area (TPSA) is 44.5 Å². The van der Waals surface area contributed by atoms with E-state index in [2.05, 4.69) is 6.07 Å². The summed E-state index contributed by atoms with van der Waals surface area (Å²) in [6, 6.07) is 8.04. The largest absolute Gasteiger partial charge is 0.495 e. The SMILES string of the molecule is COc1cc2c(cc1Cl)-c1cc(C)c(N)cc1OC21CCC1. The van der Waals surface area contributed by atoms with Crippen LogP contribution in [0.1, 0.15) is 30.4 Å². The molecular weight excluding hydrogens is 298 g/mol. The molecule has 0 bridgehead atoms. The van der Waals surface area contributed by atoms with Crippen LogP contribution in [0.5, 0.6) is 11.5 Å². The number of hydrogen-bond donors (Lipinski definition) is 1. The fourth-order valence-electron chi connectivity index (χ4n) is 3.44. The van der Waals surface area contributed by atoms with Crippen molar-refractivity contribution in [3.63, 3.8) is 0 Å². The molecule has 114 valence electrons. The van der Waals surface area contributed by atoms with Gasteiger partial charge in [-0.25, -0.2) is 0 Å². The van der Waals surface area contributed by atoms with Crippen molar-refractivity contribution in [3.05, 3.63) is 40.4 Å². The lowest BCUT2D eigenvalue weighted by Crippen LogP contribution is -2.42. The number of anilines is 1. The minimum atomic E-state index is -0.248. The monoisotopic (exact) mass is 315 g/mol. The quantitative estimate of drug-likeness (QED) is 0.777. The third-order valence-corrected chi connectivity index (χ3v) is 5.20. The molecule has 0 atom stereocenters. The summed E-state index contributed by atoms with van der Waals surface area (Å²) in [4.78, 5) is 0. The van der Waals surface area contributed by atoms with Crippen LogP contribution in [0.25, 0.3) is 11.1 Å². The van der Waals surface area contributed by atoms with Gasteiger partial charge in [-0.05, 0) is 55.5 Å². The Morgan fingerprint density at radius 2 is 1.95 bits per heavy atom. The number of nitrogens with two attached hydrogens (primary N) is 1. The van der Waals surface area contributed by atoms with Gasteiger partial charge in [-0.2, -0.15) is 0 Å². The Morgan fingerprint density at radius 3 is 2.59 bits per heavy atom. The van der Waals surface area contributed by atoms with Gasteiger partial charge in [0.15, 0.2) is 0 Å². The van der Waals surface area contributed by atoms with E-state index in [4.69, 9.17) is 26.8 Å². The maximum absolute atomic E-state index is 6.38.